The number of aliphatic hydroxyl groups is 5. The molecule has 0 aliphatic heterocycles. The van der Waals surface area contributed by atoms with Gasteiger partial charge >= 0.3 is 0 Å². The van der Waals surface area contributed by atoms with Gasteiger partial charge in [0.05, 0.1) is 39.8 Å². The summed E-state index contributed by atoms with van der Waals surface area (Å²) < 4.78 is 0. The smallest absolute Gasteiger partial charge is 0.159 e. The van der Waals surface area contributed by atoms with Gasteiger partial charge in [-0.1, -0.05) is 212 Å². The van der Waals surface area contributed by atoms with E-state index in [-0.39, 0.29) is 158 Å². The number of aliphatic hydroxyl groups excluding tert-OH is 5. The van der Waals surface area contributed by atoms with Crippen molar-refractivity contribution >= 4 is 50.7 Å². The minimum atomic E-state index is -0.125. The van der Waals surface area contributed by atoms with E-state index in [1.807, 2.05) is 137 Å². The van der Waals surface area contributed by atoms with Crippen LogP contribution in [-0.4, -0.2) is 79.4 Å². The first kappa shape index (κ1) is 130. The average Bonchev–Trinajstić information content (AvgIpc) is 0.764. The number of aryl methyl sites for hydroxylation is 11. The third-order valence-electron chi connectivity index (χ3n) is 20.1. The largest absolute Gasteiger partial charge is 0.512 e. The molecule has 144 heavy (non-hydrogen) atoms. The molecule has 15 aromatic rings. The van der Waals surface area contributed by atoms with Gasteiger partial charge in [0, 0.05) is 179 Å². The number of aromatic nitrogens is 5. The van der Waals surface area contributed by atoms with E-state index in [2.05, 4.69) is 285 Å². The molecule has 20 heteroatoms. The zero-order valence-electron chi connectivity index (χ0n) is 86.3. The van der Waals surface area contributed by atoms with Gasteiger partial charge in [0.15, 0.2) is 28.9 Å². The fourth-order valence-corrected chi connectivity index (χ4v) is 14.6. The number of ketones is 5. The van der Waals surface area contributed by atoms with Crippen LogP contribution in [0.4, 0.5) is 0 Å². The Labute approximate surface area is 921 Å². The Morgan fingerprint density at radius 2 is 0.722 bits per heavy atom. The van der Waals surface area contributed by atoms with E-state index in [0.29, 0.717) is 24.7 Å². The summed E-state index contributed by atoms with van der Waals surface area (Å²) in [7, 11) is 0. The van der Waals surface area contributed by atoms with Crippen LogP contribution in [0.2, 0.25) is 0 Å². The van der Waals surface area contributed by atoms with Crippen molar-refractivity contribution in [1.82, 2.24) is 24.9 Å². The zero-order chi connectivity index (χ0) is 102. The molecule has 0 aliphatic rings. The van der Waals surface area contributed by atoms with Gasteiger partial charge in [-0.15, -0.1) is 177 Å². The fraction of sp³-hybridized carbons (Fsp3) is 0.226. The van der Waals surface area contributed by atoms with Crippen LogP contribution in [0.15, 0.2) is 333 Å². The number of rotatable bonds is 18. The standard InChI is InChI=1S/C19H18N.2C19H16N.C18H16N.C18H14N.C11H20O2.4C5H8O2.5Ir/c1-12-8-13(2)10-16(9-12)18-11-15(4)19-14(3)6-5-7-17(19)20-18;1-14-10-15(2)12-18(11-14)17-8-9-20-19(13-17)16-6-4-3-5-7-16;1-2-15-13-19(17-11-7-4-8-12-17)20-14-18(15)16-9-5-3-6-10-16;1-12-8-13(2)10-15(9-12)18-11-14(3)16-6-4-5-7-17(16)19-18;1-14-7-9-15(10-8-14)17-11-12-19-18(13-17)16-5-3-2-4-6-16;1-8(2)5-10(12)7-11(13)6-9(3)4;4*1-4(6)3-5(2)7;;;;;/h5-9,11H,1-4H3;3-6,8-13H,1-2H3;3-11,13-14H,2H2,1H3;4-9,11H,1-3H3;2-5,7-13H,1H3;7-9,12H,5-6H2,1-4H3;4*3,6H,1-2H3;;;;;/q5*-1;;;;;;;;;;. The third-order valence-corrected chi connectivity index (χ3v) is 20.1. The summed E-state index contributed by atoms with van der Waals surface area (Å²) in [5.74, 6) is 0.729. The molecule has 0 saturated heterocycles. The van der Waals surface area contributed by atoms with Crippen molar-refractivity contribution in [1.29, 1.82) is 0 Å². The molecular formula is C124H132Ir5N5O10-5. The number of pyridine rings is 5. The van der Waals surface area contributed by atoms with E-state index in [1.165, 1.54) is 180 Å². The van der Waals surface area contributed by atoms with E-state index >= 15 is 0 Å². The molecule has 0 aliphatic carbocycles. The minimum absolute atomic E-state index is 0. The third kappa shape index (κ3) is 48.9. The second kappa shape index (κ2) is 68.1. The summed E-state index contributed by atoms with van der Waals surface area (Å²) in [6.45, 7) is 42.7. The van der Waals surface area contributed by atoms with Crippen molar-refractivity contribution in [2.45, 2.75) is 179 Å². The van der Waals surface area contributed by atoms with E-state index in [0.717, 1.165) is 84.9 Å². The molecule has 5 radical (unpaired) electrons. The van der Waals surface area contributed by atoms with E-state index < -0.39 is 0 Å². The van der Waals surface area contributed by atoms with E-state index in [4.69, 9.17) is 30.4 Å². The molecule has 0 spiro atoms. The van der Waals surface area contributed by atoms with Gasteiger partial charge in [-0.3, -0.25) is 33.9 Å². The quantitative estimate of drug-likeness (QED) is 0.0304. The van der Waals surface area contributed by atoms with Crippen molar-refractivity contribution in [3.63, 3.8) is 0 Å². The summed E-state index contributed by atoms with van der Waals surface area (Å²) in [5.41, 5.74) is 33.3. The number of fused-ring (bicyclic) bond motifs is 2. The first-order chi connectivity index (χ1) is 66.0. The van der Waals surface area contributed by atoms with Crippen LogP contribution >= 0.6 is 0 Å². The Hall–Kier alpha value is -12.2. The summed E-state index contributed by atoms with van der Waals surface area (Å²) in [6.07, 6.45) is 13.8. The van der Waals surface area contributed by atoms with Gasteiger partial charge in [-0.2, -0.15) is 0 Å². The van der Waals surface area contributed by atoms with Gasteiger partial charge in [-0.05, 0) is 218 Å². The number of allylic oxidation sites excluding steroid dienone is 10. The molecule has 15 rings (SSSR count). The van der Waals surface area contributed by atoms with Gasteiger partial charge in [0.1, 0.15) is 0 Å². The van der Waals surface area contributed by atoms with Crippen molar-refractivity contribution in [2.24, 2.45) is 11.8 Å². The molecule has 0 fully saturated rings. The SMILES string of the molecule is CC(=O)C=C(C)O.CC(=O)C=C(C)O.CC(=O)C=C(C)O.CC(=O)C=C(C)O.CC(C)CC(=O)C=C(O)CC(C)C.CCc1cc(-c2[c-]cccc2)ncc1-c1ccccc1.Cc1[c-]c(-c2cc(C)c3c(C)cccc3n2)cc(C)c1.Cc1[c-]c(-c2cc(C)c3ccccc3n2)cc(C)c1.Cc1cc(C)cc(-c2ccnc(-c3[c-]cccc3)c2)c1.Cc1ccc(-c2ccnc(-c3[c-]cccc3)c2)cc1.[Ir].[Ir].[Ir].[Ir].[Ir]. The van der Waals surface area contributed by atoms with Crippen LogP contribution in [0.25, 0.3) is 111 Å². The zero-order valence-corrected chi connectivity index (χ0v) is 98.3. The summed E-state index contributed by atoms with van der Waals surface area (Å²) in [5, 5.41) is 45.3. The molecular weight excluding hydrogens is 2680 g/mol. The topological polar surface area (TPSA) is 251 Å². The Morgan fingerprint density at radius 3 is 1.12 bits per heavy atom. The molecule has 15 nitrogen and oxygen atoms in total. The van der Waals surface area contributed by atoms with Crippen LogP contribution in [0.5, 0.6) is 0 Å². The normalized spacial score (nSPS) is 10.6. The number of carbonyl (C=O) groups excluding carboxylic acids is 5. The van der Waals surface area contributed by atoms with Gasteiger partial charge in [0.2, 0.25) is 0 Å². The van der Waals surface area contributed by atoms with Crippen LogP contribution in [0.1, 0.15) is 164 Å². The molecule has 5 aromatic heterocycles. The summed E-state index contributed by atoms with van der Waals surface area (Å²) in [6, 6.07) is 104. The predicted molar refractivity (Wildman–Crippen MR) is 574 cm³/mol. The minimum Gasteiger partial charge on any atom is -0.512 e. The molecule has 0 amide bonds. The van der Waals surface area contributed by atoms with Gasteiger partial charge < -0.3 is 40.5 Å². The monoisotopic (exact) mass is 2820 g/mol. The molecule has 0 atom stereocenters. The molecule has 0 saturated carbocycles. The molecule has 5 N–H and O–H groups in total. The fourth-order valence-electron chi connectivity index (χ4n) is 14.6. The van der Waals surface area contributed by atoms with Gasteiger partial charge in [0.25, 0.3) is 0 Å². The number of hydrogen-bond acceptors (Lipinski definition) is 15. The van der Waals surface area contributed by atoms with Crippen molar-refractivity contribution in [3.05, 3.63) is 424 Å². The Balaban J connectivity index is 0.000000817. The Morgan fingerprint density at radius 1 is 0.326 bits per heavy atom. The maximum Gasteiger partial charge on any atom is 0.159 e. The van der Waals surface area contributed by atoms with Crippen LogP contribution < -0.4 is 0 Å². The second-order valence-corrected chi connectivity index (χ2v) is 34.9. The molecule has 5 heterocycles. The van der Waals surface area contributed by atoms with Crippen molar-refractivity contribution < 1.29 is 150 Å². The van der Waals surface area contributed by atoms with E-state index in [9.17, 15) is 29.1 Å². The van der Waals surface area contributed by atoms with Crippen molar-refractivity contribution in [3.8, 4) is 89.7 Å². The maximum absolute atomic E-state index is 11.2. The summed E-state index contributed by atoms with van der Waals surface area (Å²) in [4.78, 5) is 74.3. The number of benzene rings is 10. The van der Waals surface area contributed by atoms with Crippen LogP contribution in [-0.2, 0) is 131 Å². The molecule has 0 bridgehead atoms. The Kier molecular flexibility index (Phi) is 61.4. The first-order valence-corrected chi connectivity index (χ1v) is 46.3. The average molecular weight is 2810 g/mol. The van der Waals surface area contributed by atoms with E-state index in [1.54, 1.807) is 0 Å². The van der Waals surface area contributed by atoms with Crippen molar-refractivity contribution in [2.75, 3.05) is 0 Å². The molecule has 763 valence electrons. The Bertz CT molecular complexity index is 6550. The van der Waals surface area contributed by atoms with Crippen LogP contribution in [0, 0.1) is 111 Å². The second-order valence-electron chi connectivity index (χ2n) is 34.9. The number of para-hydroxylation sites is 1. The molecule has 0 unspecified atom stereocenters. The van der Waals surface area contributed by atoms with Crippen LogP contribution in [0.3, 0.4) is 0 Å². The van der Waals surface area contributed by atoms with Gasteiger partial charge in [-0.25, -0.2) is 0 Å². The molecule has 10 aromatic carbocycles. The predicted octanol–water partition coefficient (Wildman–Crippen LogP) is 30.9. The first-order valence-electron chi connectivity index (χ1n) is 46.3. The number of hydrogen-bond donors (Lipinski definition) is 5. The number of carbonyl (C=O) groups is 5. The maximum atomic E-state index is 11.2. The number of nitrogens with zero attached hydrogens (tertiary/aromatic N) is 5. The summed E-state index contributed by atoms with van der Waals surface area (Å²) >= 11 is 0.